The van der Waals surface area contributed by atoms with E-state index < -0.39 is 0 Å². The zero-order chi connectivity index (χ0) is 15.1. The number of esters is 1. The number of aromatic nitrogens is 1. The van der Waals surface area contributed by atoms with Crippen molar-refractivity contribution in [2.75, 3.05) is 12.9 Å². The second kappa shape index (κ2) is 7.88. The van der Waals surface area contributed by atoms with Gasteiger partial charge < -0.3 is 9.47 Å². The summed E-state index contributed by atoms with van der Waals surface area (Å²) in [4.78, 5) is 15.9. The van der Waals surface area contributed by atoms with Gasteiger partial charge in [0.2, 0.25) is 0 Å². The summed E-state index contributed by atoms with van der Waals surface area (Å²) in [5.74, 6) is -0.180. The van der Waals surface area contributed by atoms with Crippen LogP contribution in [0.15, 0.2) is 11.1 Å². The fourth-order valence-electron chi connectivity index (χ4n) is 1.63. The minimum Gasteiger partial charge on any atom is -0.462 e. The molecule has 0 bridgehead atoms. The predicted molar refractivity (Wildman–Crippen MR) is 76.4 cm³/mol. The molecule has 6 heteroatoms. The first-order valence-electron chi connectivity index (χ1n) is 6.19. The van der Waals surface area contributed by atoms with Crippen LogP contribution in [0.1, 0.15) is 30.7 Å². The van der Waals surface area contributed by atoms with Crippen LogP contribution in [0, 0.1) is 18.3 Å². The molecule has 0 spiro atoms. The minimum atomic E-state index is -0.314. The molecule has 0 aliphatic carbocycles. The zero-order valence-electron chi connectivity index (χ0n) is 12.1. The molecule has 1 aromatic rings. The van der Waals surface area contributed by atoms with Gasteiger partial charge in [0.05, 0.1) is 24.0 Å². The Labute approximate surface area is 123 Å². The highest BCUT2D eigenvalue weighted by Gasteiger charge is 2.14. The largest absolute Gasteiger partial charge is 0.462 e. The number of rotatable bonds is 6. The molecule has 0 atom stereocenters. The number of nitriles is 1. The van der Waals surface area contributed by atoms with Gasteiger partial charge in [-0.25, -0.2) is 4.98 Å². The zero-order valence-corrected chi connectivity index (χ0v) is 12.9. The predicted octanol–water partition coefficient (Wildman–Crippen LogP) is 2.45. The number of methoxy groups -OCH3 is 1. The van der Waals surface area contributed by atoms with Crippen LogP contribution in [-0.4, -0.2) is 29.9 Å². The molecule has 108 valence electrons. The number of thioether (sulfide) groups is 1. The quantitative estimate of drug-likeness (QED) is 0.593. The van der Waals surface area contributed by atoms with Gasteiger partial charge in [0.25, 0.3) is 0 Å². The average molecular weight is 294 g/mol. The lowest BCUT2D eigenvalue weighted by molar-refractivity contribution is -0.144. The molecule has 20 heavy (non-hydrogen) atoms. The highest BCUT2D eigenvalue weighted by molar-refractivity contribution is 7.99. The van der Waals surface area contributed by atoms with Crippen molar-refractivity contribution in [2.24, 2.45) is 0 Å². The molecule has 0 amide bonds. The molecular formula is C14H18N2O3S. The molecule has 0 saturated carbocycles. The van der Waals surface area contributed by atoms with Gasteiger partial charge in [0.15, 0.2) is 0 Å². The van der Waals surface area contributed by atoms with E-state index in [9.17, 15) is 10.1 Å². The maximum Gasteiger partial charge on any atom is 0.316 e. The summed E-state index contributed by atoms with van der Waals surface area (Å²) in [6.07, 6.45) is -0.145. The van der Waals surface area contributed by atoms with Gasteiger partial charge in [-0.05, 0) is 32.4 Å². The fraction of sp³-hybridized carbons (Fsp3) is 0.500. The van der Waals surface area contributed by atoms with Crippen molar-refractivity contribution < 1.29 is 14.3 Å². The maximum absolute atomic E-state index is 11.5. The van der Waals surface area contributed by atoms with E-state index in [2.05, 4.69) is 11.1 Å². The van der Waals surface area contributed by atoms with E-state index in [4.69, 9.17) is 9.47 Å². The smallest absolute Gasteiger partial charge is 0.316 e. The summed E-state index contributed by atoms with van der Waals surface area (Å²) in [6.45, 7) is 5.78. The van der Waals surface area contributed by atoms with Gasteiger partial charge in [0.1, 0.15) is 11.1 Å². The monoisotopic (exact) mass is 294 g/mol. The lowest BCUT2D eigenvalue weighted by Gasteiger charge is -2.10. The number of hydrogen-bond donors (Lipinski definition) is 0. The molecule has 0 saturated heterocycles. The fourth-order valence-corrected chi connectivity index (χ4v) is 2.48. The standard InChI is InChI=1S/C14H18N2O3S/c1-9(2)19-13(17)8-20-14-12(6-15)11(7-18-4)5-10(3)16-14/h5,9H,7-8H2,1-4H3. The van der Waals surface area contributed by atoms with Gasteiger partial charge in [-0.1, -0.05) is 11.8 Å². The molecule has 1 rings (SSSR count). The summed E-state index contributed by atoms with van der Waals surface area (Å²) >= 11 is 1.21. The molecule has 0 aliphatic rings. The van der Waals surface area contributed by atoms with E-state index in [0.29, 0.717) is 17.2 Å². The summed E-state index contributed by atoms with van der Waals surface area (Å²) in [6, 6.07) is 3.94. The van der Waals surface area contributed by atoms with E-state index in [1.165, 1.54) is 11.8 Å². The molecule has 0 aliphatic heterocycles. The second-order valence-electron chi connectivity index (χ2n) is 4.48. The second-order valence-corrected chi connectivity index (χ2v) is 5.44. The highest BCUT2D eigenvalue weighted by Crippen LogP contribution is 2.24. The number of hydrogen-bond acceptors (Lipinski definition) is 6. The molecule has 1 aromatic heterocycles. The van der Waals surface area contributed by atoms with Crippen molar-refractivity contribution in [2.45, 2.75) is 38.5 Å². The Balaban J connectivity index is 2.89. The van der Waals surface area contributed by atoms with Gasteiger partial charge in [-0.2, -0.15) is 5.26 Å². The topological polar surface area (TPSA) is 72.2 Å². The Bertz CT molecular complexity index is 524. The highest BCUT2D eigenvalue weighted by atomic mass is 32.2. The van der Waals surface area contributed by atoms with Gasteiger partial charge in [0, 0.05) is 12.8 Å². The SMILES string of the molecule is COCc1cc(C)nc(SCC(=O)OC(C)C)c1C#N. The van der Waals surface area contributed by atoms with Crippen molar-refractivity contribution in [1.29, 1.82) is 5.26 Å². The Morgan fingerprint density at radius 1 is 1.55 bits per heavy atom. The van der Waals surface area contributed by atoms with Crippen molar-refractivity contribution in [3.8, 4) is 6.07 Å². The molecule has 1 heterocycles. The molecule has 0 radical (unpaired) electrons. The van der Waals surface area contributed by atoms with Crippen LogP contribution >= 0.6 is 11.8 Å². The third kappa shape index (κ3) is 4.83. The van der Waals surface area contributed by atoms with Gasteiger partial charge >= 0.3 is 5.97 Å². The first kappa shape index (κ1) is 16.5. The van der Waals surface area contributed by atoms with Crippen molar-refractivity contribution in [3.05, 3.63) is 22.9 Å². The average Bonchev–Trinajstić information content (AvgIpc) is 2.35. The Morgan fingerprint density at radius 3 is 2.80 bits per heavy atom. The van der Waals surface area contributed by atoms with Crippen LogP contribution in [0.25, 0.3) is 0 Å². The normalized spacial score (nSPS) is 10.4. The molecule has 5 nitrogen and oxygen atoms in total. The van der Waals surface area contributed by atoms with E-state index in [1.807, 2.05) is 13.0 Å². The third-order valence-corrected chi connectivity index (χ3v) is 3.25. The molecule has 0 fully saturated rings. The summed E-state index contributed by atoms with van der Waals surface area (Å²) < 4.78 is 10.1. The first-order chi connectivity index (χ1) is 9.47. The number of carbonyl (C=O) groups excluding carboxylic acids is 1. The molecule has 0 unspecified atom stereocenters. The van der Waals surface area contributed by atoms with Crippen LogP contribution in [0.5, 0.6) is 0 Å². The Hall–Kier alpha value is -1.58. The summed E-state index contributed by atoms with van der Waals surface area (Å²) in [5.41, 5.74) is 2.03. The van der Waals surface area contributed by atoms with E-state index in [1.54, 1.807) is 21.0 Å². The van der Waals surface area contributed by atoms with E-state index >= 15 is 0 Å². The number of aryl methyl sites for hydroxylation is 1. The first-order valence-corrected chi connectivity index (χ1v) is 7.18. The molecule has 0 aromatic carbocycles. The number of nitrogens with zero attached hydrogens (tertiary/aromatic N) is 2. The Kier molecular flexibility index (Phi) is 6.49. The van der Waals surface area contributed by atoms with E-state index in [-0.39, 0.29) is 17.8 Å². The van der Waals surface area contributed by atoms with Crippen LogP contribution in [0.2, 0.25) is 0 Å². The number of pyridine rings is 1. The van der Waals surface area contributed by atoms with Gasteiger partial charge in [-0.15, -0.1) is 0 Å². The number of carbonyl (C=O) groups is 1. The lowest BCUT2D eigenvalue weighted by Crippen LogP contribution is -2.13. The van der Waals surface area contributed by atoms with Gasteiger partial charge in [-0.3, -0.25) is 4.79 Å². The van der Waals surface area contributed by atoms with Crippen LogP contribution in [-0.2, 0) is 20.9 Å². The molecular weight excluding hydrogens is 276 g/mol. The van der Waals surface area contributed by atoms with Crippen molar-refractivity contribution in [1.82, 2.24) is 4.98 Å². The Morgan fingerprint density at radius 2 is 2.25 bits per heavy atom. The van der Waals surface area contributed by atoms with E-state index in [0.717, 1.165) is 11.3 Å². The van der Waals surface area contributed by atoms with Crippen molar-refractivity contribution in [3.63, 3.8) is 0 Å². The third-order valence-electron chi connectivity index (χ3n) is 2.30. The minimum absolute atomic E-state index is 0.135. The van der Waals surface area contributed by atoms with Crippen LogP contribution in [0.3, 0.4) is 0 Å². The lowest BCUT2D eigenvalue weighted by atomic mass is 10.1. The number of ether oxygens (including phenoxy) is 2. The maximum atomic E-state index is 11.5. The summed E-state index contributed by atoms with van der Waals surface area (Å²) in [7, 11) is 1.57. The molecule has 0 N–H and O–H groups in total. The van der Waals surface area contributed by atoms with Crippen LogP contribution in [0.4, 0.5) is 0 Å². The summed E-state index contributed by atoms with van der Waals surface area (Å²) in [5, 5.41) is 9.79. The van der Waals surface area contributed by atoms with Crippen molar-refractivity contribution >= 4 is 17.7 Å². The van der Waals surface area contributed by atoms with Crippen LogP contribution < -0.4 is 0 Å².